The molecule has 0 radical (unpaired) electrons. The fourth-order valence-electron chi connectivity index (χ4n) is 9.30. The van der Waals surface area contributed by atoms with E-state index in [1.54, 1.807) is 0 Å². The summed E-state index contributed by atoms with van der Waals surface area (Å²) in [6.07, 6.45) is 0. The van der Waals surface area contributed by atoms with E-state index in [1.807, 2.05) is 0 Å². The van der Waals surface area contributed by atoms with E-state index in [1.165, 1.54) is 77.9 Å². The van der Waals surface area contributed by atoms with Crippen LogP contribution in [0.5, 0.6) is 0 Å². The highest BCUT2D eigenvalue weighted by molar-refractivity contribution is 5.88. The minimum absolute atomic E-state index is 0.0535. The predicted octanol–water partition coefficient (Wildman–Crippen LogP) is 14.8. The van der Waals surface area contributed by atoms with Crippen LogP contribution in [0.25, 0.3) is 55.6 Å². The SMILES string of the molecule is CC1(C)c2ccccc2-c2ccc(-c3cccc(N(c4ccc(-c5ccccc5)cc4)c4cccc(-c5ccc6c(c5)C(C)(C)c5ccccc5-6)c4)c3)cc21. The minimum atomic E-state index is -0.0535. The Morgan fingerprint density at radius 3 is 1.16 bits per heavy atom. The summed E-state index contributed by atoms with van der Waals surface area (Å²) < 4.78 is 0. The second kappa shape index (κ2) is 12.6. The standard InChI is InChI=1S/C54H43N/c1-53(2)49-22-10-8-20-45(49)47-30-26-40(34-51(47)53)38-16-12-18-43(32-38)55(42-28-24-37(25-29-42)36-14-6-5-7-15-36)44-19-13-17-39(33-44)41-27-31-48-46-21-9-11-23-50(46)54(3,4)52(48)35-41/h5-35H,1-4H3. The van der Waals surface area contributed by atoms with Crippen molar-refractivity contribution in [2.24, 2.45) is 0 Å². The van der Waals surface area contributed by atoms with E-state index < -0.39 is 0 Å². The Kier molecular flexibility index (Phi) is 7.58. The molecule has 1 heteroatoms. The van der Waals surface area contributed by atoms with Crippen LogP contribution in [0.15, 0.2) is 188 Å². The molecule has 0 bridgehead atoms. The molecule has 8 aromatic rings. The van der Waals surface area contributed by atoms with Gasteiger partial charge in [0, 0.05) is 27.9 Å². The average Bonchev–Trinajstić information content (AvgIpc) is 3.61. The summed E-state index contributed by atoms with van der Waals surface area (Å²) in [4.78, 5) is 2.40. The molecule has 0 heterocycles. The third kappa shape index (κ3) is 5.37. The Labute approximate surface area is 325 Å². The van der Waals surface area contributed by atoms with Crippen LogP contribution in [0, 0.1) is 0 Å². The number of benzene rings is 8. The Bertz CT molecular complexity index is 2600. The summed E-state index contributed by atoms with van der Waals surface area (Å²) in [5.74, 6) is 0. The second-order valence-corrected chi connectivity index (χ2v) is 16.2. The quantitative estimate of drug-likeness (QED) is 0.166. The molecule has 0 spiro atoms. The van der Waals surface area contributed by atoms with Crippen molar-refractivity contribution in [1.29, 1.82) is 0 Å². The zero-order valence-electron chi connectivity index (χ0n) is 31.8. The van der Waals surface area contributed by atoms with E-state index in [0.717, 1.165) is 17.1 Å². The maximum atomic E-state index is 2.42. The molecule has 8 aromatic carbocycles. The van der Waals surface area contributed by atoms with Crippen molar-refractivity contribution < 1.29 is 0 Å². The van der Waals surface area contributed by atoms with Gasteiger partial charge in [-0.3, -0.25) is 0 Å². The molecule has 0 atom stereocenters. The summed E-state index contributed by atoms with van der Waals surface area (Å²) in [7, 11) is 0. The van der Waals surface area contributed by atoms with Crippen LogP contribution < -0.4 is 4.90 Å². The average molecular weight is 706 g/mol. The Morgan fingerprint density at radius 2 is 0.655 bits per heavy atom. The Balaban J connectivity index is 1.07. The molecule has 2 aliphatic carbocycles. The van der Waals surface area contributed by atoms with Gasteiger partial charge in [-0.1, -0.05) is 167 Å². The fourth-order valence-corrected chi connectivity index (χ4v) is 9.30. The first-order chi connectivity index (χ1) is 26.8. The third-order valence-corrected chi connectivity index (χ3v) is 12.3. The van der Waals surface area contributed by atoms with Crippen molar-refractivity contribution in [3.05, 3.63) is 210 Å². The van der Waals surface area contributed by atoms with Crippen LogP contribution in [-0.2, 0) is 10.8 Å². The van der Waals surface area contributed by atoms with Gasteiger partial charge in [0.25, 0.3) is 0 Å². The molecule has 264 valence electrons. The second-order valence-electron chi connectivity index (χ2n) is 16.2. The summed E-state index contributed by atoms with van der Waals surface area (Å²) in [5, 5.41) is 0. The molecule has 0 aromatic heterocycles. The molecule has 0 saturated heterocycles. The lowest BCUT2D eigenvalue weighted by atomic mass is 9.81. The Morgan fingerprint density at radius 1 is 0.273 bits per heavy atom. The van der Waals surface area contributed by atoms with Gasteiger partial charge in [0.1, 0.15) is 0 Å². The van der Waals surface area contributed by atoms with E-state index in [4.69, 9.17) is 0 Å². The molecule has 10 rings (SSSR count). The lowest BCUT2D eigenvalue weighted by Gasteiger charge is -2.27. The largest absolute Gasteiger partial charge is 0.310 e. The van der Waals surface area contributed by atoms with E-state index in [2.05, 4.69) is 221 Å². The maximum Gasteiger partial charge on any atom is 0.0467 e. The number of hydrogen-bond donors (Lipinski definition) is 0. The van der Waals surface area contributed by atoms with Crippen molar-refractivity contribution >= 4 is 17.1 Å². The molecule has 0 saturated carbocycles. The first-order valence-corrected chi connectivity index (χ1v) is 19.4. The molecule has 0 fully saturated rings. The first-order valence-electron chi connectivity index (χ1n) is 19.4. The summed E-state index contributed by atoms with van der Waals surface area (Å²) in [6.45, 7) is 9.41. The normalized spacial score (nSPS) is 14.1. The highest BCUT2D eigenvalue weighted by Gasteiger charge is 2.36. The van der Waals surface area contributed by atoms with Crippen LogP contribution >= 0.6 is 0 Å². The molecule has 2 aliphatic rings. The topological polar surface area (TPSA) is 3.24 Å². The van der Waals surface area contributed by atoms with Gasteiger partial charge in [-0.2, -0.15) is 0 Å². The molecule has 0 unspecified atom stereocenters. The van der Waals surface area contributed by atoms with Gasteiger partial charge in [0.15, 0.2) is 0 Å². The molecule has 0 aliphatic heterocycles. The van der Waals surface area contributed by atoms with Gasteiger partial charge in [-0.05, 0) is 126 Å². The van der Waals surface area contributed by atoms with E-state index in [0.29, 0.717) is 0 Å². The number of anilines is 3. The number of hydrogen-bond acceptors (Lipinski definition) is 1. The van der Waals surface area contributed by atoms with E-state index in [9.17, 15) is 0 Å². The summed E-state index contributed by atoms with van der Waals surface area (Å²) in [5.41, 5.74) is 21.5. The maximum absolute atomic E-state index is 2.42. The smallest absolute Gasteiger partial charge is 0.0467 e. The fraction of sp³-hybridized carbons (Fsp3) is 0.111. The van der Waals surface area contributed by atoms with Crippen molar-refractivity contribution in [2.45, 2.75) is 38.5 Å². The van der Waals surface area contributed by atoms with Crippen LogP contribution in [0.3, 0.4) is 0 Å². The molecule has 1 nitrogen and oxygen atoms in total. The molecular weight excluding hydrogens is 663 g/mol. The molecular formula is C54H43N. The van der Waals surface area contributed by atoms with Crippen LogP contribution in [-0.4, -0.2) is 0 Å². The predicted molar refractivity (Wildman–Crippen MR) is 233 cm³/mol. The van der Waals surface area contributed by atoms with E-state index in [-0.39, 0.29) is 10.8 Å². The first kappa shape index (κ1) is 33.2. The monoisotopic (exact) mass is 705 g/mol. The van der Waals surface area contributed by atoms with Crippen LogP contribution in [0.1, 0.15) is 49.9 Å². The molecule has 0 amide bonds. The van der Waals surface area contributed by atoms with Crippen LogP contribution in [0.4, 0.5) is 17.1 Å². The third-order valence-electron chi connectivity index (χ3n) is 12.3. The van der Waals surface area contributed by atoms with Gasteiger partial charge >= 0.3 is 0 Å². The minimum Gasteiger partial charge on any atom is -0.310 e. The van der Waals surface area contributed by atoms with Crippen LogP contribution in [0.2, 0.25) is 0 Å². The Hall–Kier alpha value is -6.44. The van der Waals surface area contributed by atoms with Crippen molar-refractivity contribution in [1.82, 2.24) is 0 Å². The number of nitrogens with zero attached hydrogens (tertiary/aromatic N) is 1. The highest BCUT2D eigenvalue weighted by Crippen LogP contribution is 2.51. The zero-order valence-corrected chi connectivity index (χ0v) is 31.8. The number of fused-ring (bicyclic) bond motifs is 6. The van der Waals surface area contributed by atoms with Gasteiger partial charge in [-0.25, -0.2) is 0 Å². The van der Waals surface area contributed by atoms with Gasteiger partial charge in [0.2, 0.25) is 0 Å². The summed E-state index contributed by atoms with van der Waals surface area (Å²) >= 11 is 0. The lowest BCUT2D eigenvalue weighted by molar-refractivity contribution is 0.660. The molecule has 0 N–H and O–H groups in total. The van der Waals surface area contributed by atoms with Crippen molar-refractivity contribution in [3.8, 4) is 55.6 Å². The van der Waals surface area contributed by atoms with Gasteiger partial charge < -0.3 is 4.90 Å². The van der Waals surface area contributed by atoms with Crippen molar-refractivity contribution in [2.75, 3.05) is 4.90 Å². The van der Waals surface area contributed by atoms with Crippen molar-refractivity contribution in [3.63, 3.8) is 0 Å². The zero-order chi connectivity index (χ0) is 37.3. The van der Waals surface area contributed by atoms with E-state index >= 15 is 0 Å². The highest BCUT2D eigenvalue weighted by atomic mass is 15.1. The lowest BCUT2D eigenvalue weighted by Crippen LogP contribution is -2.15. The van der Waals surface area contributed by atoms with Gasteiger partial charge in [0.05, 0.1) is 0 Å². The number of rotatable bonds is 6. The van der Waals surface area contributed by atoms with Gasteiger partial charge in [-0.15, -0.1) is 0 Å². The summed E-state index contributed by atoms with van der Waals surface area (Å²) in [6, 6.07) is 69.5. The molecule has 55 heavy (non-hydrogen) atoms.